The van der Waals surface area contributed by atoms with Crippen LogP contribution in [0.15, 0.2) is 30.3 Å². The summed E-state index contributed by atoms with van der Waals surface area (Å²) < 4.78 is 4.96. The number of nitrogens with zero attached hydrogens (tertiary/aromatic N) is 1. The van der Waals surface area contributed by atoms with E-state index in [4.69, 9.17) is 9.84 Å². The Bertz CT molecular complexity index is 340. The lowest BCUT2D eigenvalue weighted by Gasteiger charge is -2.27. The summed E-state index contributed by atoms with van der Waals surface area (Å²) in [6, 6.07) is 9.25. The molecule has 0 spiro atoms. The topological polar surface area (TPSA) is 49.8 Å². The third kappa shape index (κ3) is 4.17. The Morgan fingerprint density at radius 3 is 2.53 bits per heavy atom. The summed E-state index contributed by atoms with van der Waals surface area (Å²) in [6.07, 6.45) is 0. The molecular formula is C13H19NO3. The van der Waals surface area contributed by atoms with Crippen LogP contribution in [0.5, 0.6) is 0 Å². The van der Waals surface area contributed by atoms with Crippen LogP contribution in [-0.2, 0) is 16.1 Å². The van der Waals surface area contributed by atoms with E-state index < -0.39 is 12.0 Å². The Balaban J connectivity index is 2.72. The molecule has 0 aliphatic rings. The molecule has 0 saturated heterocycles. The van der Waals surface area contributed by atoms with Gasteiger partial charge in [0.15, 0.2) is 0 Å². The number of methoxy groups -OCH3 is 1. The summed E-state index contributed by atoms with van der Waals surface area (Å²) >= 11 is 0. The van der Waals surface area contributed by atoms with E-state index in [-0.39, 0.29) is 6.61 Å². The molecule has 0 bridgehead atoms. The summed E-state index contributed by atoms with van der Waals surface area (Å²) in [6.45, 7) is 3.46. The number of benzene rings is 1. The van der Waals surface area contributed by atoms with Crippen molar-refractivity contribution in [3.8, 4) is 0 Å². The van der Waals surface area contributed by atoms with Crippen LogP contribution >= 0.6 is 0 Å². The van der Waals surface area contributed by atoms with E-state index in [1.165, 1.54) is 7.11 Å². The van der Waals surface area contributed by atoms with Crippen molar-refractivity contribution in [3.63, 3.8) is 0 Å². The van der Waals surface area contributed by atoms with Crippen molar-refractivity contribution in [1.82, 2.24) is 4.90 Å². The second kappa shape index (κ2) is 7.04. The van der Waals surface area contributed by atoms with Gasteiger partial charge in [0.2, 0.25) is 0 Å². The molecular weight excluding hydrogens is 218 g/mol. The van der Waals surface area contributed by atoms with Gasteiger partial charge in [0, 0.05) is 13.7 Å². The number of aliphatic carboxylic acids is 1. The summed E-state index contributed by atoms with van der Waals surface area (Å²) in [5, 5.41) is 9.16. The third-order valence-electron chi connectivity index (χ3n) is 2.69. The smallest absolute Gasteiger partial charge is 0.323 e. The zero-order valence-electron chi connectivity index (χ0n) is 10.3. The summed E-state index contributed by atoms with van der Waals surface area (Å²) in [7, 11) is 1.52. The number of carbonyl (C=O) groups is 1. The molecule has 1 unspecified atom stereocenters. The van der Waals surface area contributed by atoms with Crippen LogP contribution in [0, 0.1) is 0 Å². The molecule has 0 aromatic heterocycles. The van der Waals surface area contributed by atoms with E-state index in [1.54, 1.807) is 0 Å². The fourth-order valence-corrected chi connectivity index (χ4v) is 1.75. The Morgan fingerprint density at radius 2 is 2.06 bits per heavy atom. The van der Waals surface area contributed by atoms with Gasteiger partial charge in [0.05, 0.1) is 6.61 Å². The Labute approximate surface area is 102 Å². The highest BCUT2D eigenvalue weighted by Crippen LogP contribution is 2.08. The number of rotatable bonds is 7. The van der Waals surface area contributed by atoms with Crippen LogP contribution in [0.2, 0.25) is 0 Å². The van der Waals surface area contributed by atoms with Crippen LogP contribution in [0.25, 0.3) is 0 Å². The first-order valence-electron chi connectivity index (χ1n) is 5.68. The molecule has 4 heteroatoms. The van der Waals surface area contributed by atoms with Gasteiger partial charge in [0.1, 0.15) is 6.04 Å². The molecule has 17 heavy (non-hydrogen) atoms. The first kappa shape index (κ1) is 13.7. The largest absolute Gasteiger partial charge is 0.480 e. The van der Waals surface area contributed by atoms with Crippen molar-refractivity contribution >= 4 is 5.97 Å². The fourth-order valence-electron chi connectivity index (χ4n) is 1.75. The predicted molar refractivity (Wildman–Crippen MR) is 65.8 cm³/mol. The second-order valence-corrected chi connectivity index (χ2v) is 3.86. The Kier molecular flexibility index (Phi) is 5.66. The highest BCUT2D eigenvalue weighted by Gasteiger charge is 2.24. The first-order valence-corrected chi connectivity index (χ1v) is 5.68. The van der Waals surface area contributed by atoms with Crippen molar-refractivity contribution in [1.29, 1.82) is 0 Å². The second-order valence-electron chi connectivity index (χ2n) is 3.86. The predicted octanol–water partition coefficient (Wildman–Crippen LogP) is 1.61. The van der Waals surface area contributed by atoms with Gasteiger partial charge < -0.3 is 9.84 Å². The molecule has 1 rings (SSSR count). The fraction of sp³-hybridized carbons (Fsp3) is 0.462. The zero-order valence-corrected chi connectivity index (χ0v) is 10.3. The maximum Gasteiger partial charge on any atom is 0.323 e. The average Bonchev–Trinajstić information content (AvgIpc) is 2.34. The average molecular weight is 237 g/mol. The maximum absolute atomic E-state index is 11.2. The molecule has 1 aromatic carbocycles. The lowest BCUT2D eigenvalue weighted by molar-refractivity contribution is -0.145. The van der Waals surface area contributed by atoms with Gasteiger partial charge in [-0.15, -0.1) is 0 Å². The lowest BCUT2D eigenvalue weighted by atomic mass is 10.1. The molecule has 0 aliphatic carbocycles. The number of hydrogen-bond donors (Lipinski definition) is 1. The number of likely N-dealkylation sites (N-methyl/N-ethyl adjacent to an activating group) is 1. The van der Waals surface area contributed by atoms with Crippen LogP contribution in [-0.4, -0.2) is 42.3 Å². The summed E-state index contributed by atoms with van der Waals surface area (Å²) in [5.41, 5.74) is 1.11. The highest BCUT2D eigenvalue weighted by molar-refractivity contribution is 5.73. The standard InChI is InChI=1S/C13H19NO3/c1-3-14(12(10-17-2)13(15)16)9-11-7-5-4-6-8-11/h4-8,12H,3,9-10H2,1-2H3,(H,15,16). The SMILES string of the molecule is CCN(Cc1ccccc1)C(COC)C(=O)O. The number of hydrogen-bond acceptors (Lipinski definition) is 3. The van der Waals surface area contributed by atoms with E-state index in [2.05, 4.69) is 0 Å². The van der Waals surface area contributed by atoms with E-state index in [0.717, 1.165) is 5.56 Å². The zero-order chi connectivity index (χ0) is 12.7. The van der Waals surface area contributed by atoms with E-state index in [0.29, 0.717) is 13.1 Å². The van der Waals surface area contributed by atoms with Crippen molar-refractivity contribution in [3.05, 3.63) is 35.9 Å². The number of carboxylic acid groups (broad SMARTS) is 1. The Morgan fingerprint density at radius 1 is 1.41 bits per heavy atom. The van der Waals surface area contributed by atoms with Gasteiger partial charge in [-0.3, -0.25) is 9.69 Å². The van der Waals surface area contributed by atoms with Gasteiger partial charge in [-0.25, -0.2) is 0 Å². The van der Waals surface area contributed by atoms with Crippen LogP contribution in [0.3, 0.4) is 0 Å². The normalized spacial score (nSPS) is 12.6. The molecule has 0 amide bonds. The first-order chi connectivity index (χ1) is 8.19. The van der Waals surface area contributed by atoms with Crippen LogP contribution < -0.4 is 0 Å². The molecule has 0 aliphatic heterocycles. The van der Waals surface area contributed by atoms with Crippen molar-refractivity contribution in [2.75, 3.05) is 20.3 Å². The molecule has 1 atom stereocenters. The van der Waals surface area contributed by atoms with Crippen molar-refractivity contribution in [2.24, 2.45) is 0 Å². The van der Waals surface area contributed by atoms with E-state index in [9.17, 15) is 4.79 Å². The lowest BCUT2D eigenvalue weighted by Crippen LogP contribution is -2.43. The van der Waals surface area contributed by atoms with E-state index >= 15 is 0 Å². The van der Waals surface area contributed by atoms with Crippen molar-refractivity contribution in [2.45, 2.75) is 19.5 Å². The molecule has 4 nitrogen and oxygen atoms in total. The van der Waals surface area contributed by atoms with E-state index in [1.807, 2.05) is 42.2 Å². The van der Waals surface area contributed by atoms with Crippen LogP contribution in [0.4, 0.5) is 0 Å². The number of ether oxygens (including phenoxy) is 1. The van der Waals surface area contributed by atoms with Gasteiger partial charge in [0.25, 0.3) is 0 Å². The molecule has 1 aromatic rings. The molecule has 1 N–H and O–H groups in total. The maximum atomic E-state index is 11.2. The molecule has 0 fully saturated rings. The molecule has 94 valence electrons. The van der Waals surface area contributed by atoms with Gasteiger partial charge in [-0.05, 0) is 12.1 Å². The Hall–Kier alpha value is -1.39. The molecule has 0 saturated carbocycles. The molecule has 0 heterocycles. The minimum atomic E-state index is -0.843. The van der Waals surface area contributed by atoms with Crippen LogP contribution in [0.1, 0.15) is 12.5 Å². The van der Waals surface area contributed by atoms with Gasteiger partial charge >= 0.3 is 5.97 Å². The molecule has 0 radical (unpaired) electrons. The minimum absolute atomic E-state index is 0.204. The third-order valence-corrected chi connectivity index (χ3v) is 2.69. The highest BCUT2D eigenvalue weighted by atomic mass is 16.5. The van der Waals surface area contributed by atoms with Gasteiger partial charge in [-0.1, -0.05) is 37.3 Å². The monoisotopic (exact) mass is 237 g/mol. The minimum Gasteiger partial charge on any atom is -0.480 e. The van der Waals surface area contributed by atoms with Gasteiger partial charge in [-0.2, -0.15) is 0 Å². The number of carboxylic acids is 1. The quantitative estimate of drug-likeness (QED) is 0.782. The summed E-state index contributed by atoms with van der Waals surface area (Å²) in [5.74, 6) is -0.843. The summed E-state index contributed by atoms with van der Waals surface area (Å²) in [4.78, 5) is 13.0. The van der Waals surface area contributed by atoms with Crippen molar-refractivity contribution < 1.29 is 14.6 Å².